The third kappa shape index (κ3) is 16.0. The average molecular weight is 944 g/mol. The van der Waals surface area contributed by atoms with Crippen LogP contribution in [0.15, 0.2) is 47.6 Å². The Kier molecular flexibility index (Phi) is 23.1. The van der Waals surface area contributed by atoms with Crippen molar-refractivity contribution in [2.75, 3.05) is 41.1 Å². The summed E-state index contributed by atoms with van der Waals surface area (Å²) in [6.45, 7) is 13.7. The first-order valence-corrected chi connectivity index (χ1v) is 25.0. The van der Waals surface area contributed by atoms with Gasteiger partial charge < -0.3 is 48.6 Å². The van der Waals surface area contributed by atoms with Gasteiger partial charge in [0, 0.05) is 52.6 Å². The van der Waals surface area contributed by atoms with Gasteiger partial charge in [0.1, 0.15) is 24.0 Å². The quantitative estimate of drug-likeness (QED) is 0.122. The summed E-state index contributed by atoms with van der Waals surface area (Å²) in [4.78, 5) is 58.4. The fourth-order valence-electron chi connectivity index (χ4n) is 10.7. The number of amides is 1. The van der Waals surface area contributed by atoms with E-state index in [1.807, 2.05) is 38.2 Å². The highest BCUT2D eigenvalue weighted by Gasteiger charge is 2.53. The van der Waals surface area contributed by atoms with E-state index in [1.54, 1.807) is 48.2 Å². The number of aliphatic hydroxyl groups excluding tert-OH is 2. The van der Waals surface area contributed by atoms with Crippen LogP contribution in [0.5, 0.6) is 0 Å². The maximum Gasteiger partial charge on any atom is 0.329 e. The molecule has 3 heterocycles. The molecule has 0 aromatic carbocycles. The summed E-state index contributed by atoms with van der Waals surface area (Å²) < 4.78 is 35.9. The zero-order valence-electron chi connectivity index (χ0n) is 42.2. The van der Waals surface area contributed by atoms with Gasteiger partial charge in [0.15, 0.2) is 0 Å². The number of esters is 1. The van der Waals surface area contributed by atoms with Crippen LogP contribution in [-0.4, -0.2) is 139 Å². The molecular formula is C53H85NO13. The zero-order chi connectivity index (χ0) is 49.4. The summed E-state index contributed by atoms with van der Waals surface area (Å²) in [6, 6.07) is -1.11. The maximum atomic E-state index is 14.5. The van der Waals surface area contributed by atoms with E-state index < -0.39 is 65.7 Å². The number of hydrogen-bond donors (Lipinski definition) is 3. The number of nitrogens with zero attached hydrogens (tertiary/aromatic N) is 1. The Morgan fingerprint density at radius 3 is 2.25 bits per heavy atom. The van der Waals surface area contributed by atoms with Crippen LogP contribution >= 0.6 is 0 Å². The standard InChI is InChI=1S/C53H85NO13/c1-33-16-12-11-13-17-35(3)45(62-8)31-41-21-19-39(7)53(61,67-41)50(58)51(59)54-23-15-14-18-42(54)52(60)66-46(37(5)29-40-20-22-44(65-25-24-55)47(30-40)63-9)32-43(56)36(4)28-38(6)49(57)48(64-10)27-34(2)26-33/h11-13,16-17,28,33-34,36-37,39-42,44-49,55,57,61H,14-15,18-27,29-32H2,1-10H3/b13-11+,16-12+,35-17+,38-28+/t33-,34-,36-,37-,39-,40+,41+,42?,44-,45+,46+,47-,48+,49-,53-/m1/s1. The van der Waals surface area contributed by atoms with Crippen LogP contribution in [0.25, 0.3) is 0 Å². The second-order valence-corrected chi connectivity index (χ2v) is 20.3. The summed E-state index contributed by atoms with van der Waals surface area (Å²) in [5.41, 5.74) is 1.53. The number of methoxy groups -OCH3 is 3. The molecule has 1 amide bonds. The number of allylic oxidation sites excluding steroid dienone is 6. The molecule has 14 nitrogen and oxygen atoms in total. The number of carbonyl (C=O) groups is 4. The molecule has 0 aromatic heterocycles. The number of piperidine rings is 1. The summed E-state index contributed by atoms with van der Waals surface area (Å²) in [7, 11) is 4.84. The summed E-state index contributed by atoms with van der Waals surface area (Å²) in [6.07, 6.45) is 15.1. The van der Waals surface area contributed by atoms with E-state index in [9.17, 15) is 34.5 Å². The smallest absolute Gasteiger partial charge is 0.329 e. The van der Waals surface area contributed by atoms with E-state index in [2.05, 4.69) is 19.9 Å². The molecule has 4 rings (SSSR count). The van der Waals surface area contributed by atoms with Gasteiger partial charge in [-0.2, -0.15) is 0 Å². The molecule has 380 valence electrons. The van der Waals surface area contributed by atoms with Crippen LogP contribution in [0, 0.1) is 35.5 Å². The predicted molar refractivity (Wildman–Crippen MR) is 256 cm³/mol. The van der Waals surface area contributed by atoms with E-state index in [0.717, 1.165) is 24.8 Å². The van der Waals surface area contributed by atoms with Gasteiger partial charge in [-0.25, -0.2) is 4.79 Å². The minimum atomic E-state index is -2.41. The van der Waals surface area contributed by atoms with Gasteiger partial charge in [0.25, 0.3) is 11.7 Å². The lowest BCUT2D eigenvalue weighted by atomic mass is 9.78. The normalized spacial score (nSPS) is 39.5. The third-order valence-electron chi connectivity index (χ3n) is 14.9. The molecule has 14 heteroatoms. The van der Waals surface area contributed by atoms with Crippen molar-refractivity contribution in [2.45, 2.75) is 186 Å². The minimum absolute atomic E-state index is 0.0816. The molecule has 15 atom stereocenters. The number of cyclic esters (lactones) is 1. The molecule has 3 N–H and O–H groups in total. The van der Waals surface area contributed by atoms with Crippen molar-refractivity contribution >= 4 is 23.4 Å². The number of Topliss-reactive ketones (excluding diaryl/α,β-unsaturated/α-hetero) is 2. The molecule has 0 spiro atoms. The Hall–Kier alpha value is -3.08. The third-order valence-corrected chi connectivity index (χ3v) is 14.9. The van der Waals surface area contributed by atoms with E-state index in [1.165, 1.54) is 4.90 Å². The highest BCUT2D eigenvalue weighted by Crippen LogP contribution is 2.38. The van der Waals surface area contributed by atoms with E-state index in [-0.39, 0.29) is 80.4 Å². The number of carbonyl (C=O) groups excluding carboxylic acids is 4. The zero-order valence-corrected chi connectivity index (χ0v) is 42.2. The molecule has 3 fully saturated rings. The molecule has 4 aliphatic rings. The second-order valence-electron chi connectivity index (χ2n) is 20.3. The largest absolute Gasteiger partial charge is 0.460 e. The summed E-state index contributed by atoms with van der Waals surface area (Å²) >= 11 is 0. The maximum absolute atomic E-state index is 14.5. The molecule has 0 radical (unpaired) electrons. The fourth-order valence-corrected chi connectivity index (χ4v) is 10.7. The van der Waals surface area contributed by atoms with Crippen molar-refractivity contribution in [3.63, 3.8) is 0 Å². The lowest BCUT2D eigenvalue weighted by Crippen LogP contribution is -2.61. The van der Waals surface area contributed by atoms with Gasteiger partial charge in [-0.05, 0) is 119 Å². The lowest BCUT2D eigenvalue weighted by Gasteiger charge is -2.42. The van der Waals surface area contributed by atoms with Crippen LogP contribution in [0.2, 0.25) is 0 Å². The summed E-state index contributed by atoms with van der Waals surface area (Å²) in [5.74, 6) is -6.38. The lowest BCUT2D eigenvalue weighted by molar-refractivity contribution is -0.265. The highest BCUT2D eigenvalue weighted by molar-refractivity contribution is 6.39. The Morgan fingerprint density at radius 2 is 1.57 bits per heavy atom. The van der Waals surface area contributed by atoms with Crippen molar-refractivity contribution in [1.82, 2.24) is 4.90 Å². The molecule has 1 aliphatic carbocycles. The van der Waals surface area contributed by atoms with E-state index in [0.29, 0.717) is 56.9 Å². The van der Waals surface area contributed by atoms with Gasteiger partial charge in [-0.15, -0.1) is 0 Å². The van der Waals surface area contributed by atoms with Gasteiger partial charge in [-0.3, -0.25) is 14.4 Å². The van der Waals surface area contributed by atoms with Crippen LogP contribution in [0.4, 0.5) is 0 Å². The van der Waals surface area contributed by atoms with Crippen LogP contribution < -0.4 is 0 Å². The Balaban J connectivity index is 1.68. The second kappa shape index (κ2) is 27.3. The fraction of sp³-hybridized carbons (Fsp3) is 0.774. The first-order valence-electron chi connectivity index (χ1n) is 25.0. The predicted octanol–water partition coefficient (Wildman–Crippen LogP) is 7.02. The molecule has 2 saturated heterocycles. The highest BCUT2D eigenvalue weighted by atomic mass is 16.6. The number of aliphatic hydroxyl groups is 3. The Labute approximate surface area is 400 Å². The molecule has 0 aromatic rings. The molecule has 2 bridgehead atoms. The van der Waals surface area contributed by atoms with Crippen LogP contribution in [0.3, 0.4) is 0 Å². The van der Waals surface area contributed by atoms with Crippen molar-refractivity contribution in [3.05, 3.63) is 47.6 Å². The van der Waals surface area contributed by atoms with Gasteiger partial charge in [-0.1, -0.05) is 71.1 Å². The minimum Gasteiger partial charge on any atom is -0.460 e. The first kappa shape index (κ1) is 56.5. The number of ether oxygens (including phenoxy) is 6. The van der Waals surface area contributed by atoms with Crippen LogP contribution in [-0.2, 0) is 47.6 Å². The van der Waals surface area contributed by atoms with Crippen molar-refractivity contribution in [1.29, 1.82) is 0 Å². The number of rotatable bonds is 9. The van der Waals surface area contributed by atoms with Gasteiger partial charge in [0.2, 0.25) is 5.79 Å². The van der Waals surface area contributed by atoms with Gasteiger partial charge >= 0.3 is 5.97 Å². The Morgan fingerprint density at radius 1 is 0.836 bits per heavy atom. The molecule has 1 saturated carbocycles. The molecule has 1 unspecified atom stereocenters. The van der Waals surface area contributed by atoms with Crippen molar-refractivity contribution in [3.8, 4) is 0 Å². The van der Waals surface area contributed by atoms with Gasteiger partial charge in [0.05, 0.1) is 43.7 Å². The van der Waals surface area contributed by atoms with Crippen LogP contribution in [0.1, 0.15) is 132 Å². The number of fused-ring (bicyclic) bond motifs is 3. The van der Waals surface area contributed by atoms with Crippen molar-refractivity contribution < 1.29 is 62.9 Å². The Bertz CT molecular complexity index is 1730. The number of ketones is 2. The number of hydrogen-bond acceptors (Lipinski definition) is 13. The topological polar surface area (TPSA) is 188 Å². The van der Waals surface area contributed by atoms with E-state index >= 15 is 0 Å². The SMILES string of the molecule is CO[C@H]1C[C@@H]2CC[C@@H](C)[C@@](O)(O2)C(=O)C(=O)N2CCCCC2C(=O)O[C@H]([C@H](C)C[C@@H]2CC[C@@H](OCCO)[C@H](OC)C2)CC(=O)[C@H](C)/C=C(\C)[C@@H](O)[C@@H](OC)C[C@H](C)C[C@H](C)/C=C/C=C/C=C/1C. The van der Waals surface area contributed by atoms with E-state index in [4.69, 9.17) is 28.4 Å². The molecule has 67 heavy (non-hydrogen) atoms. The van der Waals surface area contributed by atoms with Crippen molar-refractivity contribution in [2.24, 2.45) is 35.5 Å². The monoisotopic (exact) mass is 944 g/mol. The first-order chi connectivity index (χ1) is 31.9. The summed E-state index contributed by atoms with van der Waals surface area (Å²) in [5, 5.41) is 32.8. The molecule has 3 aliphatic heterocycles. The molecular weight excluding hydrogens is 859 g/mol. The average Bonchev–Trinajstić information content (AvgIpc) is 3.31.